The molecule has 2 aliphatic heterocycles. The molecule has 4 heteroatoms. The molecule has 1 unspecified atom stereocenters. The summed E-state index contributed by atoms with van der Waals surface area (Å²) in [6, 6.07) is 0. The van der Waals surface area contributed by atoms with E-state index in [4.69, 9.17) is 4.74 Å². The van der Waals surface area contributed by atoms with Crippen LogP contribution < -0.4 is 0 Å². The highest BCUT2D eigenvalue weighted by atomic mass is 16.5. The van der Waals surface area contributed by atoms with Crippen molar-refractivity contribution in [2.24, 2.45) is 0 Å². The molecule has 0 saturated carbocycles. The number of hydrogen-bond donors (Lipinski definition) is 1. The van der Waals surface area contributed by atoms with Crippen LogP contribution in [0.5, 0.6) is 0 Å². The average Bonchev–Trinajstić information content (AvgIpc) is 2.17. The Kier molecular flexibility index (Phi) is 3.97. The molecule has 2 rings (SSSR count). The Morgan fingerprint density at radius 3 is 2.93 bits per heavy atom. The van der Waals surface area contributed by atoms with Gasteiger partial charge in [0.15, 0.2) is 0 Å². The van der Waals surface area contributed by atoms with Crippen LogP contribution in [0.25, 0.3) is 0 Å². The number of aliphatic hydroxyl groups is 1. The molecule has 0 aromatic rings. The average molecular weight is 214 g/mol. The van der Waals surface area contributed by atoms with Crippen molar-refractivity contribution in [3.8, 4) is 0 Å². The minimum absolute atomic E-state index is 0.125. The molecule has 2 saturated heterocycles. The van der Waals surface area contributed by atoms with Gasteiger partial charge in [-0.3, -0.25) is 4.90 Å². The quantitative estimate of drug-likeness (QED) is 0.689. The molecule has 0 radical (unpaired) electrons. The number of β-amino-alcohol motifs (C(OH)–C–C–N with tert-alkyl or cyclic N) is 1. The molecule has 1 N–H and O–H groups in total. The first-order valence-electron chi connectivity index (χ1n) is 5.94. The highest BCUT2D eigenvalue weighted by Crippen LogP contribution is 2.12. The minimum Gasteiger partial charge on any atom is -0.392 e. The van der Waals surface area contributed by atoms with E-state index in [1.165, 1.54) is 0 Å². The summed E-state index contributed by atoms with van der Waals surface area (Å²) in [5.74, 6) is 0. The molecule has 88 valence electrons. The van der Waals surface area contributed by atoms with Gasteiger partial charge in [-0.25, -0.2) is 0 Å². The maximum Gasteiger partial charge on any atom is 0.0829 e. The summed E-state index contributed by atoms with van der Waals surface area (Å²) >= 11 is 0. The van der Waals surface area contributed by atoms with Crippen molar-refractivity contribution in [1.29, 1.82) is 0 Å². The summed E-state index contributed by atoms with van der Waals surface area (Å²) in [6.07, 6.45) is 2.28. The number of likely N-dealkylation sites (tertiary alicyclic amines) is 1. The van der Waals surface area contributed by atoms with E-state index in [2.05, 4.69) is 16.8 Å². The van der Waals surface area contributed by atoms with Gasteiger partial charge < -0.3 is 14.7 Å². The van der Waals surface area contributed by atoms with Crippen LogP contribution in [0.4, 0.5) is 0 Å². The van der Waals surface area contributed by atoms with Gasteiger partial charge >= 0.3 is 0 Å². The predicted molar refractivity (Wildman–Crippen MR) is 58.9 cm³/mol. The molecule has 0 aromatic heterocycles. The van der Waals surface area contributed by atoms with Crippen molar-refractivity contribution >= 4 is 0 Å². The predicted octanol–water partition coefficient (Wildman–Crippen LogP) is -0.226. The largest absolute Gasteiger partial charge is 0.392 e. The van der Waals surface area contributed by atoms with Gasteiger partial charge in [0.2, 0.25) is 0 Å². The third-order valence-corrected chi connectivity index (χ3v) is 3.28. The second kappa shape index (κ2) is 5.25. The molecule has 4 nitrogen and oxygen atoms in total. The number of aliphatic hydroxyl groups excluding tert-OH is 1. The lowest BCUT2D eigenvalue weighted by molar-refractivity contribution is -0.0457. The summed E-state index contributed by atoms with van der Waals surface area (Å²) in [5.41, 5.74) is 0. The number of morpholine rings is 1. The van der Waals surface area contributed by atoms with Crippen molar-refractivity contribution < 1.29 is 9.84 Å². The molecule has 15 heavy (non-hydrogen) atoms. The van der Waals surface area contributed by atoms with Crippen LogP contribution in [0.2, 0.25) is 0 Å². The molecule has 2 heterocycles. The van der Waals surface area contributed by atoms with E-state index in [0.29, 0.717) is 6.10 Å². The zero-order valence-corrected chi connectivity index (χ0v) is 9.56. The Bertz CT molecular complexity index is 181. The first-order valence-corrected chi connectivity index (χ1v) is 5.94. The highest BCUT2D eigenvalue weighted by Gasteiger charge is 2.23. The van der Waals surface area contributed by atoms with Crippen LogP contribution in [0, 0.1) is 0 Å². The van der Waals surface area contributed by atoms with E-state index in [0.717, 1.165) is 52.2 Å². The first kappa shape index (κ1) is 11.3. The number of hydrogen-bond acceptors (Lipinski definition) is 4. The van der Waals surface area contributed by atoms with Crippen LogP contribution in [-0.4, -0.2) is 73.5 Å². The standard InChI is InChI=1S/C11H22N2O2/c1-12-5-6-15-11(8-12)9-13-4-2-3-10(14)7-13/h10-11,14H,2-9H2,1H3/t10-,11?/m0/s1. The molecular weight excluding hydrogens is 192 g/mol. The van der Waals surface area contributed by atoms with Gasteiger partial charge in [-0.05, 0) is 26.4 Å². The van der Waals surface area contributed by atoms with Crippen molar-refractivity contribution in [1.82, 2.24) is 9.80 Å². The fourth-order valence-corrected chi connectivity index (χ4v) is 2.46. The van der Waals surface area contributed by atoms with Gasteiger partial charge in [-0.2, -0.15) is 0 Å². The van der Waals surface area contributed by atoms with Crippen LogP contribution >= 0.6 is 0 Å². The van der Waals surface area contributed by atoms with Crippen LogP contribution in [-0.2, 0) is 4.74 Å². The van der Waals surface area contributed by atoms with E-state index in [1.807, 2.05) is 0 Å². The molecule has 2 aliphatic rings. The number of nitrogens with zero attached hydrogens (tertiary/aromatic N) is 2. The Labute approximate surface area is 91.8 Å². The van der Waals surface area contributed by atoms with Gasteiger partial charge in [0, 0.05) is 26.2 Å². The van der Waals surface area contributed by atoms with E-state index in [1.54, 1.807) is 0 Å². The topological polar surface area (TPSA) is 35.9 Å². The summed E-state index contributed by atoms with van der Waals surface area (Å²) in [7, 11) is 2.14. The Morgan fingerprint density at radius 2 is 2.20 bits per heavy atom. The SMILES string of the molecule is CN1CCOC(CN2CCC[C@H](O)C2)C1. The Morgan fingerprint density at radius 1 is 1.33 bits per heavy atom. The summed E-state index contributed by atoms with van der Waals surface area (Å²) in [6.45, 7) is 5.81. The second-order valence-electron chi connectivity index (χ2n) is 4.81. The number of ether oxygens (including phenoxy) is 1. The fraction of sp³-hybridized carbons (Fsp3) is 1.00. The van der Waals surface area contributed by atoms with Gasteiger partial charge in [-0.1, -0.05) is 0 Å². The van der Waals surface area contributed by atoms with Crippen molar-refractivity contribution in [2.45, 2.75) is 25.0 Å². The van der Waals surface area contributed by atoms with Gasteiger partial charge in [-0.15, -0.1) is 0 Å². The maximum atomic E-state index is 9.57. The second-order valence-corrected chi connectivity index (χ2v) is 4.81. The highest BCUT2D eigenvalue weighted by molar-refractivity contribution is 4.77. The smallest absolute Gasteiger partial charge is 0.0829 e. The molecule has 2 atom stereocenters. The maximum absolute atomic E-state index is 9.57. The van der Waals surface area contributed by atoms with E-state index < -0.39 is 0 Å². The van der Waals surface area contributed by atoms with Crippen LogP contribution in [0.3, 0.4) is 0 Å². The summed E-state index contributed by atoms with van der Waals surface area (Å²) in [4.78, 5) is 4.65. The molecule has 0 aromatic carbocycles. The summed E-state index contributed by atoms with van der Waals surface area (Å²) in [5, 5.41) is 9.57. The third kappa shape index (κ3) is 3.41. The number of piperidine rings is 1. The third-order valence-electron chi connectivity index (χ3n) is 3.28. The lowest BCUT2D eigenvalue weighted by Gasteiger charge is -2.36. The zero-order chi connectivity index (χ0) is 10.7. The van der Waals surface area contributed by atoms with E-state index >= 15 is 0 Å². The van der Waals surface area contributed by atoms with Crippen LogP contribution in [0.1, 0.15) is 12.8 Å². The van der Waals surface area contributed by atoms with Gasteiger partial charge in [0.25, 0.3) is 0 Å². The van der Waals surface area contributed by atoms with Gasteiger partial charge in [0.05, 0.1) is 18.8 Å². The normalized spacial score (nSPS) is 35.6. The van der Waals surface area contributed by atoms with Gasteiger partial charge in [0.1, 0.15) is 0 Å². The number of likely N-dealkylation sites (N-methyl/N-ethyl adjacent to an activating group) is 1. The minimum atomic E-state index is -0.125. The Hall–Kier alpha value is -0.160. The zero-order valence-electron chi connectivity index (χ0n) is 9.56. The molecule has 0 amide bonds. The van der Waals surface area contributed by atoms with E-state index in [9.17, 15) is 5.11 Å². The molecule has 0 aliphatic carbocycles. The van der Waals surface area contributed by atoms with Crippen molar-refractivity contribution in [3.05, 3.63) is 0 Å². The molecule has 0 bridgehead atoms. The summed E-state index contributed by atoms with van der Waals surface area (Å²) < 4.78 is 5.72. The number of rotatable bonds is 2. The van der Waals surface area contributed by atoms with Crippen molar-refractivity contribution in [3.63, 3.8) is 0 Å². The molecule has 2 fully saturated rings. The van der Waals surface area contributed by atoms with Crippen molar-refractivity contribution in [2.75, 3.05) is 46.4 Å². The lowest BCUT2D eigenvalue weighted by Crippen LogP contribution is -2.49. The molecule has 0 spiro atoms. The lowest BCUT2D eigenvalue weighted by atomic mass is 10.1. The van der Waals surface area contributed by atoms with Crippen LogP contribution in [0.15, 0.2) is 0 Å². The van der Waals surface area contributed by atoms with E-state index in [-0.39, 0.29) is 6.10 Å². The fourth-order valence-electron chi connectivity index (χ4n) is 2.46. The Balaban J connectivity index is 1.75. The first-order chi connectivity index (χ1) is 7.24. The monoisotopic (exact) mass is 214 g/mol. The molecular formula is C11H22N2O2.